The number of hydrogen-bond acceptors (Lipinski definition) is 3. The summed E-state index contributed by atoms with van der Waals surface area (Å²) in [5.41, 5.74) is 6.39. The van der Waals surface area contributed by atoms with Crippen LogP contribution in [0.15, 0.2) is 18.2 Å². The van der Waals surface area contributed by atoms with Crippen LogP contribution in [-0.4, -0.2) is 22.2 Å². The van der Waals surface area contributed by atoms with E-state index in [4.69, 9.17) is 5.73 Å². The molecule has 4 N–H and O–H groups in total. The molecule has 4 nitrogen and oxygen atoms in total. The highest BCUT2D eigenvalue weighted by molar-refractivity contribution is 5.78. The molecule has 0 heterocycles. The maximum absolute atomic E-state index is 10.6. The van der Waals surface area contributed by atoms with Crippen molar-refractivity contribution in [2.75, 3.05) is 0 Å². The van der Waals surface area contributed by atoms with E-state index in [2.05, 4.69) is 0 Å². The fourth-order valence-corrected chi connectivity index (χ4v) is 1.17. The van der Waals surface area contributed by atoms with E-state index in [1.165, 1.54) is 6.07 Å². The molecule has 0 radical (unpaired) electrons. The van der Waals surface area contributed by atoms with Gasteiger partial charge in [-0.05, 0) is 24.1 Å². The number of benzene rings is 1. The van der Waals surface area contributed by atoms with Crippen LogP contribution in [0.4, 0.5) is 0 Å². The van der Waals surface area contributed by atoms with Crippen LogP contribution >= 0.6 is 0 Å². The number of aliphatic hydroxyl groups is 1. The Labute approximate surface area is 82.0 Å². The Morgan fingerprint density at radius 1 is 1.57 bits per heavy atom. The molecule has 0 unspecified atom stereocenters. The third-order valence-corrected chi connectivity index (χ3v) is 2.02. The van der Waals surface area contributed by atoms with Crippen LogP contribution in [0.5, 0.6) is 5.75 Å². The van der Waals surface area contributed by atoms with Crippen LogP contribution in [0.25, 0.3) is 0 Å². The standard InChI is InChI=1S/C10H13NO3/c1-6-4-7(2-3-8(6)12)5-9(13)10(11)14/h2-4,9,12-13H,5H2,1H3,(H2,11,14)/t9-/m1/s1. The molecule has 76 valence electrons. The summed E-state index contributed by atoms with van der Waals surface area (Å²) < 4.78 is 0. The van der Waals surface area contributed by atoms with Crippen molar-refractivity contribution < 1.29 is 15.0 Å². The van der Waals surface area contributed by atoms with E-state index in [-0.39, 0.29) is 12.2 Å². The first-order chi connectivity index (χ1) is 6.50. The third kappa shape index (κ3) is 2.47. The smallest absolute Gasteiger partial charge is 0.246 e. The van der Waals surface area contributed by atoms with Crippen molar-refractivity contribution in [2.45, 2.75) is 19.4 Å². The second-order valence-corrected chi connectivity index (χ2v) is 3.24. The van der Waals surface area contributed by atoms with Gasteiger partial charge in [0, 0.05) is 6.42 Å². The zero-order valence-electron chi connectivity index (χ0n) is 7.90. The summed E-state index contributed by atoms with van der Waals surface area (Å²) in [6.07, 6.45) is -0.991. The first-order valence-electron chi connectivity index (χ1n) is 4.26. The van der Waals surface area contributed by atoms with Crippen LogP contribution in [0, 0.1) is 6.92 Å². The lowest BCUT2D eigenvalue weighted by Crippen LogP contribution is -2.30. The third-order valence-electron chi connectivity index (χ3n) is 2.02. The van der Waals surface area contributed by atoms with Gasteiger partial charge in [0.05, 0.1) is 0 Å². The highest BCUT2D eigenvalue weighted by atomic mass is 16.3. The lowest BCUT2D eigenvalue weighted by Gasteiger charge is -2.07. The molecule has 4 heteroatoms. The molecule has 1 aromatic carbocycles. The van der Waals surface area contributed by atoms with Crippen molar-refractivity contribution in [1.29, 1.82) is 0 Å². The average Bonchev–Trinajstić information content (AvgIpc) is 2.11. The van der Waals surface area contributed by atoms with E-state index < -0.39 is 12.0 Å². The average molecular weight is 195 g/mol. The number of rotatable bonds is 3. The molecule has 0 aliphatic carbocycles. The lowest BCUT2D eigenvalue weighted by molar-refractivity contribution is -0.125. The van der Waals surface area contributed by atoms with Crippen molar-refractivity contribution >= 4 is 5.91 Å². The van der Waals surface area contributed by atoms with Crippen molar-refractivity contribution in [3.63, 3.8) is 0 Å². The number of phenols is 1. The van der Waals surface area contributed by atoms with Crippen molar-refractivity contribution in [1.82, 2.24) is 0 Å². The van der Waals surface area contributed by atoms with Gasteiger partial charge in [0.2, 0.25) is 5.91 Å². The topological polar surface area (TPSA) is 83.5 Å². The molecule has 0 aliphatic rings. The summed E-state index contributed by atoms with van der Waals surface area (Å²) in [6.45, 7) is 1.75. The zero-order valence-corrected chi connectivity index (χ0v) is 7.90. The normalized spacial score (nSPS) is 12.4. The number of nitrogens with two attached hydrogens (primary N) is 1. The van der Waals surface area contributed by atoms with E-state index in [0.717, 1.165) is 5.56 Å². The fraction of sp³-hybridized carbons (Fsp3) is 0.300. The summed E-state index contributed by atoms with van der Waals surface area (Å²) in [7, 11) is 0. The summed E-state index contributed by atoms with van der Waals surface area (Å²) >= 11 is 0. The first kappa shape index (κ1) is 10.5. The van der Waals surface area contributed by atoms with E-state index in [9.17, 15) is 15.0 Å². The van der Waals surface area contributed by atoms with Crippen LogP contribution in [-0.2, 0) is 11.2 Å². The lowest BCUT2D eigenvalue weighted by atomic mass is 10.0. The van der Waals surface area contributed by atoms with Gasteiger partial charge in [-0.2, -0.15) is 0 Å². The van der Waals surface area contributed by atoms with E-state index in [1.807, 2.05) is 0 Å². The van der Waals surface area contributed by atoms with Gasteiger partial charge < -0.3 is 15.9 Å². The Hall–Kier alpha value is -1.55. The summed E-state index contributed by atoms with van der Waals surface area (Å²) in [5, 5.41) is 18.4. The van der Waals surface area contributed by atoms with E-state index in [0.29, 0.717) is 5.56 Å². The highest BCUT2D eigenvalue weighted by Crippen LogP contribution is 2.17. The van der Waals surface area contributed by atoms with Gasteiger partial charge in [-0.15, -0.1) is 0 Å². The summed E-state index contributed by atoms with van der Waals surface area (Å²) in [6, 6.07) is 4.88. The number of carbonyl (C=O) groups is 1. The molecule has 14 heavy (non-hydrogen) atoms. The number of aliphatic hydroxyl groups excluding tert-OH is 1. The van der Waals surface area contributed by atoms with Crippen LogP contribution in [0.2, 0.25) is 0 Å². The molecule has 1 amide bonds. The van der Waals surface area contributed by atoms with Gasteiger partial charge in [-0.25, -0.2) is 0 Å². The first-order valence-corrected chi connectivity index (χ1v) is 4.26. The van der Waals surface area contributed by atoms with Gasteiger partial charge in [0.25, 0.3) is 0 Å². The Kier molecular flexibility index (Phi) is 3.09. The zero-order chi connectivity index (χ0) is 10.7. The minimum Gasteiger partial charge on any atom is -0.508 e. The van der Waals surface area contributed by atoms with Crippen LogP contribution in [0.1, 0.15) is 11.1 Å². The molecule has 1 rings (SSSR count). The molecular weight excluding hydrogens is 182 g/mol. The molecule has 0 aromatic heterocycles. The predicted molar refractivity (Wildman–Crippen MR) is 51.7 cm³/mol. The number of primary amides is 1. The van der Waals surface area contributed by atoms with Crippen LogP contribution in [0.3, 0.4) is 0 Å². The maximum atomic E-state index is 10.6. The number of hydrogen-bond donors (Lipinski definition) is 3. The van der Waals surface area contributed by atoms with Crippen molar-refractivity contribution in [3.05, 3.63) is 29.3 Å². The van der Waals surface area contributed by atoms with Gasteiger partial charge in [-0.1, -0.05) is 12.1 Å². The van der Waals surface area contributed by atoms with Crippen LogP contribution < -0.4 is 5.73 Å². The summed E-state index contributed by atoms with van der Waals surface area (Å²) in [5.74, 6) is -0.543. The number of aromatic hydroxyl groups is 1. The second-order valence-electron chi connectivity index (χ2n) is 3.24. The molecule has 0 saturated heterocycles. The molecule has 0 saturated carbocycles. The molecule has 0 spiro atoms. The molecular formula is C10H13NO3. The molecule has 0 bridgehead atoms. The minimum absolute atomic E-state index is 0.177. The number of phenolic OH excluding ortho intramolecular Hbond substituents is 1. The Balaban J connectivity index is 2.78. The molecule has 0 aliphatic heterocycles. The predicted octanol–water partition coefficient (Wildman–Crippen LogP) is 0.0893. The molecule has 1 atom stereocenters. The molecule has 0 fully saturated rings. The van der Waals surface area contributed by atoms with E-state index >= 15 is 0 Å². The maximum Gasteiger partial charge on any atom is 0.246 e. The number of carbonyl (C=O) groups excluding carboxylic acids is 1. The second kappa shape index (κ2) is 4.11. The SMILES string of the molecule is Cc1cc(C[C@@H](O)C(N)=O)ccc1O. The molecule has 1 aromatic rings. The van der Waals surface area contributed by atoms with Gasteiger partial charge >= 0.3 is 0 Å². The van der Waals surface area contributed by atoms with Gasteiger partial charge in [0.15, 0.2) is 0 Å². The Morgan fingerprint density at radius 3 is 2.71 bits per heavy atom. The summed E-state index contributed by atoms with van der Waals surface area (Å²) in [4.78, 5) is 10.6. The van der Waals surface area contributed by atoms with Gasteiger partial charge in [-0.3, -0.25) is 4.79 Å². The number of aryl methyl sites for hydroxylation is 1. The Morgan fingerprint density at radius 2 is 2.21 bits per heavy atom. The number of amides is 1. The van der Waals surface area contributed by atoms with Crippen molar-refractivity contribution in [3.8, 4) is 5.75 Å². The Bertz CT molecular complexity index is 349. The quantitative estimate of drug-likeness (QED) is 0.639. The van der Waals surface area contributed by atoms with Crippen molar-refractivity contribution in [2.24, 2.45) is 5.73 Å². The fourth-order valence-electron chi connectivity index (χ4n) is 1.17. The minimum atomic E-state index is -1.17. The van der Waals surface area contributed by atoms with E-state index in [1.54, 1.807) is 19.1 Å². The van der Waals surface area contributed by atoms with Gasteiger partial charge in [0.1, 0.15) is 11.9 Å². The largest absolute Gasteiger partial charge is 0.508 e. The monoisotopic (exact) mass is 195 g/mol. The highest BCUT2D eigenvalue weighted by Gasteiger charge is 2.11.